The first-order chi connectivity index (χ1) is 7.91. The van der Waals surface area contributed by atoms with Crippen LogP contribution in [0.2, 0.25) is 5.02 Å². The van der Waals surface area contributed by atoms with Crippen molar-refractivity contribution in [3.63, 3.8) is 0 Å². The predicted molar refractivity (Wildman–Crippen MR) is 70.3 cm³/mol. The fourth-order valence-electron chi connectivity index (χ4n) is 1.61. The Kier molecular flexibility index (Phi) is 5.40. The van der Waals surface area contributed by atoms with Crippen molar-refractivity contribution in [1.29, 1.82) is 0 Å². The van der Waals surface area contributed by atoms with Gasteiger partial charge in [0.15, 0.2) is 0 Å². The van der Waals surface area contributed by atoms with E-state index in [0.717, 1.165) is 11.1 Å². The van der Waals surface area contributed by atoms with Crippen LogP contribution < -0.4 is 5.32 Å². The van der Waals surface area contributed by atoms with E-state index in [1.807, 2.05) is 26.0 Å². The lowest BCUT2D eigenvalue weighted by atomic mass is 10.0. The summed E-state index contributed by atoms with van der Waals surface area (Å²) in [5, 5.41) is 23.1. The van der Waals surface area contributed by atoms with Crippen molar-refractivity contribution >= 4 is 11.6 Å². The van der Waals surface area contributed by atoms with Crippen molar-refractivity contribution in [2.24, 2.45) is 0 Å². The third-order valence-corrected chi connectivity index (χ3v) is 3.16. The van der Waals surface area contributed by atoms with Crippen LogP contribution in [0.15, 0.2) is 18.2 Å². The normalized spacial score (nSPS) is 16.6. The summed E-state index contributed by atoms with van der Waals surface area (Å²) in [5.74, 6) is 0. The Morgan fingerprint density at radius 3 is 2.47 bits per heavy atom. The van der Waals surface area contributed by atoms with Crippen LogP contribution in [0.4, 0.5) is 0 Å². The van der Waals surface area contributed by atoms with E-state index in [4.69, 9.17) is 11.6 Å². The summed E-state index contributed by atoms with van der Waals surface area (Å²) in [4.78, 5) is 0. The molecule has 0 saturated heterocycles. The van der Waals surface area contributed by atoms with E-state index >= 15 is 0 Å². The minimum Gasteiger partial charge on any atom is -0.392 e. The zero-order valence-electron chi connectivity index (χ0n) is 10.4. The SMILES string of the molecule is Cc1cc(C(O)C(C)NCC(C)O)ccc1Cl. The number of hydrogen-bond acceptors (Lipinski definition) is 3. The number of aryl methyl sites for hydroxylation is 1. The van der Waals surface area contributed by atoms with Crippen LogP contribution in [-0.2, 0) is 0 Å². The van der Waals surface area contributed by atoms with Gasteiger partial charge in [-0.1, -0.05) is 23.7 Å². The summed E-state index contributed by atoms with van der Waals surface area (Å²) < 4.78 is 0. The van der Waals surface area contributed by atoms with Crippen molar-refractivity contribution in [2.45, 2.75) is 39.0 Å². The molecule has 3 nitrogen and oxygen atoms in total. The molecule has 96 valence electrons. The van der Waals surface area contributed by atoms with Gasteiger partial charge in [0.25, 0.3) is 0 Å². The van der Waals surface area contributed by atoms with Crippen LogP contribution in [0.3, 0.4) is 0 Å². The van der Waals surface area contributed by atoms with Crippen LogP contribution in [0.5, 0.6) is 0 Å². The topological polar surface area (TPSA) is 52.5 Å². The first-order valence-corrected chi connectivity index (χ1v) is 6.15. The molecule has 3 N–H and O–H groups in total. The highest BCUT2D eigenvalue weighted by Gasteiger charge is 2.16. The number of aliphatic hydroxyl groups excluding tert-OH is 2. The fraction of sp³-hybridized carbons (Fsp3) is 0.538. The molecule has 3 atom stereocenters. The highest BCUT2D eigenvalue weighted by Crippen LogP contribution is 2.22. The average Bonchev–Trinajstić information content (AvgIpc) is 2.28. The van der Waals surface area contributed by atoms with E-state index in [0.29, 0.717) is 11.6 Å². The van der Waals surface area contributed by atoms with Crippen LogP contribution in [0, 0.1) is 6.92 Å². The maximum Gasteiger partial charge on any atom is 0.0940 e. The number of benzene rings is 1. The molecule has 0 aliphatic heterocycles. The van der Waals surface area contributed by atoms with Crippen LogP contribution in [0.25, 0.3) is 0 Å². The van der Waals surface area contributed by atoms with Crippen molar-refractivity contribution in [2.75, 3.05) is 6.54 Å². The van der Waals surface area contributed by atoms with Gasteiger partial charge in [0.05, 0.1) is 12.2 Å². The zero-order valence-corrected chi connectivity index (χ0v) is 11.2. The van der Waals surface area contributed by atoms with E-state index in [1.165, 1.54) is 0 Å². The second-order valence-corrected chi connectivity index (χ2v) is 4.91. The molecule has 1 aromatic carbocycles. The molecule has 0 fully saturated rings. The van der Waals surface area contributed by atoms with Crippen LogP contribution >= 0.6 is 11.6 Å². The quantitative estimate of drug-likeness (QED) is 0.757. The largest absolute Gasteiger partial charge is 0.392 e. The Morgan fingerprint density at radius 1 is 1.29 bits per heavy atom. The van der Waals surface area contributed by atoms with Crippen molar-refractivity contribution in [1.82, 2.24) is 5.32 Å². The van der Waals surface area contributed by atoms with E-state index in [1.54, 1.807) is 13.0 Å². The molecular formula is C13H20ClNO2. The second-order valence-electron chi connectivity index (χ2n) is 4.50. The highest BCUT2D eigenvalue weighted by atomic mass is 35.5. The molecule has 0 amide bonds. The smallest absolute Gasteiger partial charge is 0.0940 e. The molecule has 1 rings (SSSR count). The fourth-order valence-corrected chi connectivity index (χ4v) is 1.73. The number of rotatable bonds is 5. The lowest BCUT2D eigenvalue weighted by Gasteiger charge is -2.22. The van der Waals surface area contributed by atoms with Gasteiger partial charge in [0.2, 0.25) is 0 Å². The van der Waals surface area contributed by atoms with Gasteiger partial charge in [-0.25, -0.2) is 0 Å². The molecule has 0 saturated carbocycles. The lowest BCUT2D eigenvalue weighted by molar-refractivity contribution is 0.121. The monoisotopic (exact) mass is 257 g/mol. The second kappa shape index (κ2) is 6.36. The van der Waals surface area contributed by atoms with E-state index in [-0.39, 0.29) is 6.04 Å². The molecule has 0 spiro atoms. The van der Waals surface area contributed by atoms with E-state index in [2.05, 4.69) is 5.32 Å². The van der Waals surface area contributed by atoms with Crippen molar-refractivity contribution in [3.05, 3.63) is 34.3 Å². The summed E-state index contributed by atoms with van der Waals surface area (Å²) in [5.41, 5.74) is 1.78. The van der Waals surface area contributed by atoms with Gasteiger partial charge in [0.1, 0.15) is 0 Å². The summed E-state index contributed by atoms with van der Waals surface area (Å²) in [6.45, 7) is 5.97. The van der Waals surface area contributed by atoms with Gasteiger partial charge >= 0.3 is 0 Å². The van der Waals surface area contributed by atoms with Gasteiger partial charge in [0, 0.05) is 17.6 Å². The van der Waals surface area contributed by atoms with Gasteiger partial charge in [-0.2, -0.15) is 0 Å². The molecule has 0 aromatic heterocycles. The third kappa shape index (κ3) is 4.28. The van der Waals surface area contributed by atoms with Gasteiger partial charge in [-0.3, -0.25) is 0 Å². The number of hydrogen-bond donors (Lipinski definition) is 3. The summed E-state index contributed by atoms with van der Waals surface area (Å²) >= 11 is 5.94. The van der Waals surface area contributed by atoms with Crippen molar-refractivity contribution in [3.8, 4) is 0 Å². The summed E-state index contributed by atoms with van der Waals surface area (Å²) in [6, 6.07) is 5.37. The standard InChI is InChI=1S/C13H20ClNO2/c1-8-6-11(4-5-12(8)14)13(17)10(3)15-7-9(2)16/h4-6,9-10,13,15-17H,7H2,1-3H3. The maximum atomic E-state index is 10.1. The molecule has 4 heteroatoms. The Balaban J connectivity index is 2.67. The minimum atomic E-state index is -0.607. The molecule has 0 aliphatic carbocycles. The van der Waals surface area contributed by atoms with Gasteiger partial charge in [-0.15, -0.1) is 0 Å². The maximum absolute atomic E-state index is 10.1. The Hall–Kier alpha value is -0.610. The van der Waals surface area contributed by atoms with Crippen molar-refractivity contribution < 1.29 is 10.2 Å². The number of halogens is 1. The predicted octanol–water partition coefficient (Wildman–Crippen LogP) is 2.04. The Morgan fingerprint density at radius 2 is 1.94 bits per heavy atom. The minimum absolute atomic E-state index is 0.120. The van der Waals surface area contributed by atoms with Gasteiger partial charge < -0.3 is 15.5 Å². The first kappa shape index (κ1) is 14.5. The Labute approximate surface area is 107 Å². The highest BCUT2D eigenvalue weighted by molar-refractivity contribution is 6.31. The molecule has 0 radical (unpaired) electrons. The van der Waals surface area contributed by atoms with E-state index < -0.39 is 12.2 Å². The lowest BCUT2D eigenvalue weighted by Crippen LogP contribution is -2.36. The summed E-state index contributed by atoms with van der Waals surface area (Å²) in [6.07, 6.45) is -1.03. The first-order valence-electron chi connectivity index (χ1n) is 5.77. The Bertz CT molecular complexity index is 368. The number of aliphatic hydroxyl groups is 2. The van der Waals surface area contributed by atoms with Crippen LogP contribution in [-0.4, -0.2) is 28.9 Å². The zero-order chi connectivity index (χ0) is 13.0. The van der Waals surface area contributed by atoms with Crippen LogP contribution in [0.1, 0.15) is 31.1 Å². The third-order valence-electron chi connectivity index (χ3n) is 2.73. The number of nitrogens with one attached hydrogen (secondary N) is 1. The molecule has 0 heterocycles. The molecule has 3 unspecified atom stereocenters. The molecule has 0 bridgehead atoms. The van der Waals surface area contributed by atoms with E-state index in [9.17, 15) is 10.2 Å². The average molecular weight is 258 g/mol. The molecular weight excluding hydrogens is 238 g/mol. The summed E-state index contributed by atoms with van der Waals surface area (Å²) in [7, 11) is 0. The molecule has 1 aromatic rings. The molecule has 17 heavy (non-hydrogen) atoms. The molecule has 0 aliphatic rings. The van der Waals surface area contributed by atoms with Gasteiger partial charge in [-0.05, 0) is 38.0 Å².